The van der Waals surface area contributed by atoms with Gasteiger partial charge in [-0.05, 0) is 36.2 Å². The van der Waals surface area contributed by atoms with Crippen LogP contribution in [0.1, 0.15) is 22.7 Å². The van der Waals surface area contributed by atoms with Crippen LogP contribution in [0.2, 0.25) is 5.02 Å². The smallest absolute Gasteiger partial charge is 0.300 e. The highest BCUT2D eigenvalue weighted by Gasteiger charge is 2.47. The summed E-state index contributed by atoms with van der Waals surface area (Å²) < 4.78 is 0. The first-order valence-corrected chi connectivity index (χ1v) is 9.54. The Kier molecular flexibility index (Phi) is 4.95. The minimum Gasteiger partial charge on any atom is -0.507 e. The molecule has 1 N–H and O–H groups in total. The molecule has 3 aromatic rings. The van der Waals surface area contributed by atoms with Crippen molar-refractivity contribution in [1.29, 1.82) is 0 Å². The molecule has 1 aliphatic heterocycles. The first-order valence-electron chi connectivity index (χ1n) is 9.16. The molecule has 1 fully saturated rings. The number of carbonyl (C=O) groups excluding carboxylic acids is 2. The molecule has 3 aromatic carbocycles. The van der Waals surface area contributed by atoms with E-state index in [1.54, 1.807) is 54.6 Å². The quantitative estimate of drug-likeness (QED) is 0.368. The molecule has 0 bridgehead atoms. The van der Waals surface area contributed by atoms with Crippen LogP contribution in [0.15, 0.2) is 84.4 Å². The van der Waals surface area contributed by atoms with Crippen molar-refractivity contribution < 1.29 is 14.7 Å². The predicted molar refractivity (Wildman–Crippen MR) is 114 cm³/mol. The summed E-state index contributed by atoms with van der Waals surface area (Å²) in [6, 6.07) is 22.3. The first-order chi connectivity index (χ1) is 14.0. The number of halogens is 1. The molecule has 0 spiro atoms. The van der Waals surface area contributed by atoms with E-state index < -0.39 is 17.7 Å². The molecule has 0 aromatic heterocycles. The Bertz CT molecular complexity index is 1140. The Balaban J connectivity index is 1.99. The van der Waals surface area contributed by atoms with Gasteiger partial charge >= 0.3 is 0 Å². The minimum absolute atomic E-state index is 0.0239. The summed E-state index contributed by atoms with van der Waals surface area (Å²) in [5, 5.41) is 11.4. The highest BCUT2D eigenvalue weighted by molar-refractivity contribution is 6.52. The van der Waals surface area contributed by atoms with E-state index in [4.69, 9.17) is 11.6 Å². The summed E-state index contributed by atoms with van der Waals surface area (Å²) in [7, 11) is 0. The number of aryl methyl sites for hydroxylation is 1. The number of rotatable bonds is 3. The second-order valence-corrected chi connectivity index (χ2v) is 7.30. The molecule has 4 rings (SSSR count). The lowest BCUT2D eigenvalue weighted by molar-refractivity contribution is -0.132. The van der Waals surface area contributed by atoms with E-state index in [-0.39, 0.29) is 11.3 Å². The van der Waals surface area contributed by atoms with Gasteiger partial charge in [-0.2, -0.15) is 0 Å². The topological polar surface area (TPSA) is 57.6 Å². The third-order valence-electron chi connectivity index (χ3n) is 4.97. The Morgan fingerprint density at radius 1 is 0.931 bits per heavy atom. The Hall–Kier alpha value is -3.37. The van der Waals surface area contributed by atoms with Crippen LogP contribution in [0.5, 0.6) is 0 Å². The molecule has 0 saturated carbocycles. The lowest BCUT2D eigenvalue weighted by atomic mass is 9.95. The van der Waals surface area contributed by atoms with Crippen molar-refractivity contribution in [2.24, 2.45) is 0 Å². The molecule has 0 aliphatic carbocycles. The molecule has 0 radical (unpaired) electrons. The summed E-state index contributed by atoms with van der Waals surface area (Å²) in [5.74, 6) is -1.65. The molecule has 1 saturated heterocycles. The van der Waals surface area contributed by atoms with Gasteiger partial charge in [0.2, 0.25) is 0 Å². The van der Waals surface area contributed by atoms with Gasteiger partial charge in [-0.3, -0.25) is 14.5 Å². The van der Waals surface area contributed by atoms with E-state index >= 15 is 0 Å². The largest absolute Gasteiger partial charge is 0.507 e. The van der Waals surface area contributed by atoms with Crippen LogP contribution in [0, 0.1) is 6.92 Å². The lowest BCUT2D eigenvalue weighted by Gasteiger charge is -2.26. The van der Waals surface area contributed by atoms with Gasteiger partial charge in [0.05, 0.1) is 11.6 Å². The van der Waals surface area contributed by atoms with Gasteiger partial charge in [-0.1, -0.05) is 72.3 Å². The Morgan fingerprint density at radius 3 is 2.31 bits per heavy atom. The van der Waals surface area contributed by atoms with Gasteiger partial charge in [0, 0.05) is 16.3 Å². The number of aliphatic hydroxyl groups is 1. The van der Waals surface area contributed by atoms with E-state index in [2.05, 4.69) is 0 Å². The first kappa shape index (κ1) is 19.0. The maximum atomic E-state index is 13.0. The van der Waals surface area contributed by atoms with Crippen molar-refractivity contribution in [3.05, 3.63) is 106 Å². The van der Waals surface area contributed by atoms with Crippen LogP contribution in [-0.2, 0) is 9.59 Å². The van der Waals surface area contributed by atoms with Gasteiger partial charge in [0.1, 0.15) is 5.76 Å². The van der Waals surface area contributed by atoms with Crippen molar-refractivity contribution >= 4 is 34.7 Å². The van der Waals surface area contributed by atoms with Crippen molar-refractivity contribution in [2.45, 2.75) is 13.0 Å². The number of amides is 1. The molecule has 29 heavy (non-hydrogen) atoms. The zero-order valence-electron chi connectivity index (χ0n) is 15.7. The van der Waals surface area contributed by atoms with Crippen LogP contribution in [0.3, 0.4) is 0 Å². The molecule has 144 valence electrons. The number of nitrogens with zero attached hydrogens (tertiary/aromatic N) is 1. The fraction of sp³-hybridized carbons (Fsp3) is 0.0833. The van der Waals surface area contributed by atoms with Gasteiger partial charge in [0.15, 0.2) is 0 Å². The average Bonchev–Trinajstić information content (AvgIpc) is 2.99. The second-order valence-electron chi connectivity index (χ2n) is 6.90. The number of benzene rings is 3. The van der Waals surface area contributed by atoms with Gasteiger partial charge < -0.3 is 5.11 Å². The maximum absolute atomic E-state index is 13.0. The second kappa shape index (κ2) is 7.57. The van der Waals surface area contributed by atoms with E-state index in [1.165, 1.54) is 4.90 Å². The van der Waals surface area contributed by atoms with Gasteiger partial charge in [0.25, 0.3) is 11.7 Å². The monoisotopic (exact) mass is 403 g/mol. The van der Waals surface area contributed by atoms with E-state index in [1.807, 2.05) is 31.2 Å². The molecule has 1 heterocycles. The molecule has 1 amide bonds. The molecule has 1 aliphatic rings. The maximum Gasteiger partial charge on any atom is 0.300 e. The summed E-state index contributed by atoms with van der Waals surface area (Å²) >= 11 is 6.45. The van der Waals surface area contributed by atoms with Crippen LogP contribution >= 0.6 is 11.6 Å². The fourth-order valence-electron chi connectivity index (χ4n) is 3.62. The zero-order chi connectivity index (χ0) is 20.5. The number of aliphatic hydroxyl groups excluding tert-OH is 1. The molecule has 1 atom stereocenters. The predicted octanol–water partition coefficient (Wildman–Crippen LogP) is 5.27. The number of hydrogen-bond donors (Lipinski definition) is 1. The third kappa shape index (κ3) is 3.32. The Labute approximate surface area is 173 Å². The SMILES string of the molecule is Cc1cccc(N2C(=O)C(=O)C(=C(O)c3ccccc3)C2c2ccccc2Cl)c1. The zero-order valence-corrected chi connectivity index (χ0v) is 16.4. The summed E-state index contributed by atoms with van der Waals surface area (Å²) in [6.45, 7) is 1.91. The van der Waals surface area contributed by atoms with Crippen molar-refractivity contribution in [2.75, 3.05) is 4.90 Å². The third-order valence-corrected chi connectivity index (χ3v) is 5.32. The van der Waals surface area contributed by atoms with Crippen molar-refractivity contribution in [3.8, 4) is 0 Å². The molecule has 4 nitrogen and oxygen atoms in total. The van der Waals surface area contributed by atoms with E-state index in [0.29, 0.717) is 21.8 Å². The summed E-state index contributed by atoms with van der Waals surface area (Å²) in [4.78, 5) is 27.5. The van der Waals surface area contributed by atoms with Crippen LogP contribution in [0.4, 0.5) is 5.69 Å². The van der Waals surface area contributed by atoms with E-state index in [0.717, 1.165) is 5.56 Å². The highest BCUT2D eigenvalue weighted by atomic mass is 35.5. The van der Waals surface area contributed by atoms with Gasteiger partial charge in [-0.25, -0.2) is 0 Å². The standard InChI is InChI=1S/C24H18ClNO3/c1-15-8-7-11-17(14-15)26-21(18-12-5-6-13-19(18)25)20(23(28)24(26)29)22(27)16-9-3-2-4-10-16/h2-14,21,27H,1H3. The molecular weight excluding hydrogens is 386 g/mol. The average molecular weight is 404 g/mol. The number of ketones is 1. The normalized spacial score (nSPS) is 18.3. The summed E-state index contributed by atoms with van der Waals surface area (Å²) in [5.41, 5.74) is 2.59. The molecule has 1 unspecified atom stereocenters. The van der Waals surface area contributed by atoms with Crippen molar-refractivity contribution in [3.63, 3.8) is 0 Å². The number of hydrogen-bond acceptors (Lipinski definition) is 3. The lowest BCUT2D eigenvalue weighted by Crippen LogP contribution is -2.29. The summed E-state index contributed by atoms with van der Waals surface area (Å²) in [6.07, 6.45) is 0. The number of carbonyl (C=O) groups is 2. The van der Waals surface area contributed by atoms with Crippen LogP contribution < -0.4 is 4.90 Å². The fourth-order valence-corrected chi connectivity index (χ4v) is 3.86. The number of Topliss-reactive ketones (excluding diaryl/α,β-unsaturated/α-hetero) is 1. The van der Waals surface area contributed by atoms with E-state index in [9.17, 15) is 14.7 Å². The molecule has 5 heteroatoms. The van der Waals surface area contributed by atoms with Crippen LogP contribution in [0.25, 0.3) is 5.76 Å². The Morgan fingerprint density at radius 2 is 1.62 bits per heavy atom. The number of anilines is 1. The van der Waals surface area contributed by atoms with Crippen LogP contribution in [-0.4, -0.2) is 16.8 Å². The van der Waals surface area contributed by atoms with Gasteiger partial charge in [-0.15, -0.1) is 0 Å². The highest BCUT2D eigenvalue weighted by Crippen LogP contribution is 2.44. The minimum atomic E-state index is -0.828. The molecular formula is C24H18ClNO3. The van der Waals surface area contributed by atoms with Crippen molar-refractivity contribution in [1.82, 2.24) is 0 Å².